The summed E-state index contributed by atoms with van der Waals surface area (Å²) in [4.78, 5) is 32.4. The van der Waals surface area contributed by atoms with E-state index in [-0.39, 0.29) is 17.9 Å². The molecule has 6 nitrogen and oxygen atoms in total. The Hall–Kier alpha value is -2.18. The molecule has 3 rings (SSSR count). The summed E-state index contributed by atoms with van der Waals surface area (Å²) in [5, 5.41) is 3.49. The van der Waals surface area contributed by atoms with E-state index in [0.717, 1.165) is 5.56 Å². The fourth-order valence-corrected chi connectivity index (χ4v) is 4.30. The molecule has 0 aliphatic carbocycles. The zero-order valence-corrected chi connectivity index (χ0v) is 16.6. The molecule has 1 unspecified atom stereocenters. The van der Waals surface area contributed by atoms with Gasteiger partial charge in [0.05, 0.1) is 0 Å². The third-order valence-corrected chi connectivity index (χ3v) is 5.91. The molecule has 1 aromatic heterocycles. The minimum absolute atomic E-state index is 0.159. The molecule has 3 aromatic rings. The molecule has 1 heterocycles. The highest BCUT2D eigenvalue weighted by molar-refractivity contribution is 7.53. The smallest absolute Gasteiger partial charge is 0.342 e. The minimum Gasteiger partial charge on any atom is -0.355 e. The van der Waals surface area contributed by atoms with Gasteiger partial charge in [0.2, 0.25) is 5.91 Å². The highest BCUT2D eigenvalue weighted by Crippen LogP contribution is 2.53. The van der Waals surface area contributed by atoms with Gasteiger partial charge < -0.3 is 19.7 Å². The van der Waals surface area contributed by atoms with Crippen LogP contribution >= 0.6 is 19.2 Å². The maximum Gasteiger partial charge on any atom is 0.342 e. The average molecular weight is 425 g/mol. The Balaban J connectivity index is 1.85. The van der Waals surface area contributed by atoms with Crippen LogP contribution in [0.5, 0.6) is 0 Å². The Morgan fingerprint density at radius 1 is 1.25 bits per heavy atom. The third-order valence-electron chi connectivity index (χ3n) is 4.49. The van der Waals surface area contributed by atoms with E-state index in [9.17, 15) is 23.5 Å². The maximum atomic E-state index is 13.0. The second-order valence-corrected chi connectivity index (χ2v) is 8.65. The average Bonchev–Trinajstić information content (AvgIpc) is 2.91. The first-order valence-electron chi connectivity index (χ1n) is 8.48. The number of hydrogen-bond acceptors (Lipinski definition) is 2. The van der Waals surface area contributed by atoms with Gasteiger partial charge in [0, 0.05) is 41.3 Å². The second kappa shape index (κ2) is 8.05. The second-order valence-electron chi connectivity index (χ2n) is 6.52. The Bertz CT molecular complexity index is 1060. The molecule has 148 valence electrons. The van der Waals surface area contributed by atoms with Gasteiger partial charge in [-0.05, 0) is 42.3 Å². The van der Waals surface area contributed by atoms with Crippen LogP contribution < -0.4 is 5.32 Å². The van der Waals surface area contributed by atoms with Crippen molar-refractivity contribution in [3.05, 3.63) is 70.6 Å². The van der Waals surface area contributed by atoms with Crippen molar-refractivity contribution in [3.8, 4) is 0 Å². The summed E-state index contributed by atoms with van der Waals surface area (Å²) in [6, 6.07) is 10.8. The van der Waals surface area contributed by atoms with Crippen LogP contribution in [-0.4, -0.2) is 26.8 Å². The van der Waals surface area contributed by atoms with Crippen LogP contribution in [0.3, 0.4) is 0 Å². The first-order chi connectivity index (χ1) is 13.2. The van der Waals surface area contributed by atoms with E-state index in [2.05, 4.69) is 5.32 Å². The standard InChI is InChI=1S/C19H19ClFN2O4P/c1-23-11-16(15-10-13(20)4-7-17(15)23)18(28(25,26)27)19(24)22-9-8-12-2-5-14(21)6-3-12/h2-7,10-11,18H,8-9H2,1H3,(H,22,24)(H2,25,26,27). The molecule has 0 aliphatic heterocycles. The number of amides is 1. The summed E-state index contributed by atoms with van der Waals surface area (Å²) in [5.74, 6) is -1.13. The van der Waals surface area contributed by atoms with Crippen molar-refractivity contribution in [2.75, 3.05) is 6.54 Å². The molecule has 2 aromatic carbocycles. The Morgan fingerprint density at radius 2 is 1.93 bits per heavy atom. The number of aromatic nitrogens is 1. The van der Waals surface area contributed by atoms with Gasteiger partial charge in [0.15, 0.2) is 5.66 Å². The van der Waals surface area contributed by atoms with Gasteiger partial charge in [-0.25, -0.2) is 4.39 Å². The molecule has 0 spiro atoms. The van der Waals surface area contributed by atoms with Gasteiger partial charge in [-0.1, -0.05) is 23.7 Å². The number of benzene rings is 2. The summed E-state index contributed by atoms with van der Waals surface area (Å²) in [6.07, 6.45) is 1.94. The zero-order valence-electron chi connectivity index (χ0n) is 15.0. The van der Waals surface area contributed by atoms with E-state index in [1.165, 1.54) is 18.3 Å². The predicted molar refractivity (Wildman–Crippen MR) is 106 cm³/mol. The van der Waals surface area contributed by atoms with Gasteiger partial charge in [-0.2, -0.15) is 0 Å². The van der Waals surface area contributed by atoms with Crippen LogP contribution in [0.1, 0.15) is 16.8 Å². The van der Waals surface area contributed by atoms with Crippen LogP contribution in [0.25, 0.3) is 10.9 Å². The molecule has 0 aliphatic rings. The first kappa shape index (κ1) is 20.6. The molecule has 9 heteroatoms. The maximum absolute atomic E-state index is 13.0. The highest BCUT2D eigenvalue weighted by atomic mass is 35.5. The summed E-state index contributed by atoms with van der Waals surface area (Å²) in [5.41, 5.74) is 0.0684. The molecule has 0 bridgehead atoms. The largest absolute Gasteiger partial charge is 0.355 e. The van der Waals surface area contributed by atoms with E-state index >= 15 is 0 Å². The lowest BCUT2D eigenvalue weighted by Crippen LogP contribution is -2.31. The molecule has 1 atom stereocenters. The summed E-state index contributed by atoms with van der Waals surface area (Å²) < 4.78 is 26.8. The molecule has 0 fully saturated rings. The molecule has 0 saturated heterocycles. The molecular weight excluding hydrogens is 406 g/mol. The van der Waals surface area contributed by atoms with Gasteiger partial charge in [-0.15, -0.1) is 0 Å². The van der Waals surface area contributed by atoms with Crippen molar-refractivity contribution in [2.24, 2.45) is 7.05 Å². The van der Waals surface area contributed by atoms with Crippen molar-refractivity contribution in [3.63, 3.8) is 0 Å². The predicted octanol–water partition coefficient (Wildman–Crippen LogP) is 3.55. The van der Waals surface area contributed by atoms with Gasteiger partial charge in [-0.3, -0.25) is 9.36 Å². The number of aryl methyl sites for hydroxylation is 1. The van der Waals surface area contributed by atoms with Crippen molar-refractivity contribution >= 4 is 36.0 Å². The lowest BCUT2D eigenvalue weighted by atomic mass is 10.1. The normalized spacial score (nSPS) is 12.9. The number of hydrogen-bond donors (Lipinski definition) is 3. The summed E-state index contributed by atoms with van der Waals surface area (Å²) in [7, 11) is -3.07. The van der Waals surface area contributed by atoms with Crippen LogP contribution in [0.2, 0.25) is 5.02 Å². The summed E-state index contributed by atoms with van der Waals surface area (Å²) in [6.45, 7) is 0.159. The fourth-order valence-electron chi connectivity index (χ4n) is 3.17. The van der Waals surface area contributed by atoms with Crippen LogP contribution in [0.4, 0.5) is 4.39 Å². The van der Waals surface area contributed by atoms with E-state index < -0.39 is 19.2 Å². The Morgan fingerprint density at radius 3 is 2.57 bits per heavy atom. The van der Waals surface area contributed by atoms with Crippen LogP contribution in [-0.2, 0) is 22.8 Å². The molecule has 1 amide bonds. The van der Waals surface area contributed by atoms with Crippen molar-refractivity contribution < 1.29 is 23.5 Å². The number of halogens is 2. The number of carbonyl (C=O) groups is 1. The van der Waals surface area contributed by atoms with Crippen LogP contribution in [0.15, 0.2) is 48.7 Å². The van der Waals surface area contributed by atoms with Crippen molar-refractivity contribution in [2.45, 2.75) is 12.1 Å². The molecule has 0 saturated carbocycles. The lowest BCUT2D eigenvalue weighted by molar-refractivity contribution is -0.121. The van der Waals surface area contributed by atoms with Crippen molar-refractivity contribution in [1.82, 2.24) is 9.88 Å². The lowest BCUT2D eigenvalue weighted by Gasteiger charge is -2.18. The SMILES string of the molecule is Cn1cc(C(C(=O)NCCc2ccc(F)cc2)P(=O)(O)O)c2cc(Cl)ccc21. The van der Waals surface area contributed by atoms with Gasteiger partial charge >= 0.3 is 7.60 Å². The molecule has 3 N–H and O–H groups in total. The minimum atomic E-state index is -4.80. The number of nitrogens with zero attached hydrogens (tertiary/aromatic N) is 1. The fraction of sp³-hybridized carbons (Fsp3) is 0.211. The monoisotopic (exact) mass is 424 g/mol. The number of carbonyl (C=O) groups excluding carboxylic acids is 1. The number of fused-ring (bicyclic) bond motifs is 1. The molecule has 28 heavy (non-hydrogen) atoms. The van der Waals surface area contributed by atoms with Gasteiger partial charge in [0.25, 0.3) is 0 Å². The summed E-state index contributed by atoms with van der Waals surface area (Å²) >= 11 is 6.03. The molecular formula is C19H19ClFN2O4P. The van der Waals surface area contributed by atoms with Crippen LogP contribution in [0, 0.1) is 5.82 Å². The number of rotatable bonds is 6. The topological polar surface area (TPSA) is 91.6 Å². The van der Waals surface area contributed by atoms with E-state index in [4.69, 9.17) is 11.6 Å². The quantitative estimate of drug-likeness (QED) is 0.528. The van der Waals surface area contributed by atoms with Gasteiger partial charge in [0.1, 0.15) is 5.82 Å². The molecule has 0 radical (unpaired) electrons. The number of nitrogens with one attached hydrogen (secondary N) is 1. The highest BCUT2D eigenvalue weighted by Gasteiger charge is 2.39. The first-order valence-corrected chi connectivity index (χ1v) is 10.5. The van der Waals surface area contributed by atoms with E-state index in [1.807, 2.05) is 0 Å². The Labute approximate surface area is 166 Å². The Kier molecular flexibility index (Phi) is 5.91. The zero-order chi connectivity index (χ0) is 20.5. The van der Waals surface area contributed by atoms with E-state index in [1.54, 1.807) is 41.9 Å². The van der Waals surface area contributed by atoms with Crippen molar-refractivity contribution in [1.29, 1.82) is 0 Å². The van der Waals surface area contributed by atoms with E-state index in [0.29, 0.717) is 22.3 Å². The third kappa shape index (κ3) is 4.45.